The van der Waals surface area contributed by atoms with Crippen molar-refractivity contribution in [2.24, 2.45) is 12.0 Å². The fourth-order valence-corrected chi connectivity index (χ4v) is 2.83. The number of likely N-dealkylation sites (N-methyl/N-ethyl adjacent to an activating group) is 1. The molecule has 0 amide bonds. The number of hydrogen-bond acceptors (Lipinski definition) is 2. The number of rotatable bonds is 6. The van der Waals surface area contributed by atoms with Crippen LogP contribution in [0.15, 0.2) is 53.7 Å². The quantitative estimate of drug-likeness (QED) is 0.653. The average Bonchev–Trinajstić information content (AvgIpc) is 2.97. The molecule has 5 nitrogen and oxygen atoms in total. The van der Waals surface area contributed by atoms with Crippen molar-refractivity contribution in [2.45, 2.75) is 12.6 Å². The SMILES string of the molecule is CN=C(NCC(c1ccccc1)N(C)C)N(C)Cc1cccn1C. The van der Waals surface area contributed by atoms with Crippen molar-refractivity contribution in [1.29, 1.82) is 0 Å². The van der Waals surface area contributed by atoms with Gasteiger partial charge in [0.1, 0.15) is 0 Å². The van der Waals surface area contributed by atoms with E-state index in [0.717, 1.165) is 19.0 Å². The van der Waals surface area contributed by atoms with Crippen LogP contribution in [0.2, 0.25) is 0 Å². The summed E-state index contributed by atoms with van der Waals surface area (Å²) in [4.78, 5) is 8.80. The van der Waals surface area contributed by atoms with E-state index in [0.29, 0.717) is 6.04 Å². The van der Waals surface area contributed by atoms with Crippen molar-refractivity contribution in [1.82, 2.24) is 19.7 Å². The summed E-state index contributed by atoms with van der Waals surface area (Å²) < 4.78 is 2.14. The zero-order valence-electron chi connectivity index (χ0n) is 15.4. The first kappa shape index (κ1) is 18.1. The number of aryl methyl sites for hydroxylation is 1. The van der Waals surface area contributed by atoms with Crippen LogP contribution in [0.1, 0.15) is 17.3 Å². The molecule has 1 heterocycles. The molecule has 5 heteroatoms. The van der Waals surface area contributed by atoms with E-state index < -0.39 is 0 Å². The van der Waals surface area contributed by atoms with Gasteiger partial charge < -0.3 is 19.7 Å². The van der Waals surface area contributed by atoms with Crippen LogP contribution in [-0.4, -0.2) is 55.1 Å². The molecule has 0 radical (unpaired) electrons. The molecule has 0 fully saturated rings. The summed E-state index contributed by atoms with van der Waals surface area (Å²) in [6.45, 7) is 1.63. The molecule has 0 aliphatic heterocycles. The highest BCUT2D eigenvalue weighted by atomic mass is 15.3. The molecular weight excluding hydrogens is 298 g/mol. The van der Waals surface area contributed by atoms with Gasteiger partial charge in [-0.15, -0.1) is 0 Å². The summed E-state index contributed by atoms with van der Waals surface area (Å²) in [5.74, 6) is 0.902. The van der Waals surface area contributed by atoms with E-state index in [4.69, 9.17) is 0 Å². The van der Waals surface area contributed by atoms with Gasteiger partial charge in [0.25, 0.3) is 0 Å². The van der Waals surface area contributed by atoms with Gasteiger partial charge in [0.2, 0.25) is 0 Å². The Labute approximate surface area is 145 Å². The van der Waals surface area contributed by atoms with Gasteiger partial charge in [0, 0.05) is 39.6 Å². The molecule has 0 saturated carbocycles. The minimum absolute atomic E-state index is 0.298. The first-order valence-electron chi connectivity index (χ1n) is 8.26. The zero-order chi connectivity index (χ0) is 17.5. The largest absolute Gasteiger partial charge is 0.354 e. The second-order valence-corrected chi connectivity index (χ2v) is 6.28. The molecule has 2 rings (SSSR count). The minimum atomic E-state index is 0.298. The second kappa shape index (κ2) is 8.55. The van der Waals surface area contributed by atoms with Crippen LogP contribution >= 0.6 is 0 Å². The summed E-state index contributed by atoms with van der Waals surface area (Å²) in [6.07, 6.45) is 2.07. The first-order valence-corrected chi connectivity index (χ1v) is 8.26. The zero-order valence-corrected chi connectivity index (χ0v) is 15.4. The number of aromatic nitrogens is 1. The molecule has 0 saturated heterocycles. The lowest BCUT2D eigenvalue weighted by molar-refractivity contribution is 0.295. The molecule has 130 valence electrons. The lowest BCUT2D eigenvalue weighted by atomic mass is 10.1. The molecular formula is C19H29N5. The summed E-state index contributed by atoms with van der Waals surface area (Å²) >= 11 is 0. The summed E-state index contributed by atoms with van der Waals surface area (Å²) in [5, 5.41) is 3.51. The first-order chi connectivity index (χ1) is 11.5. The van der Waals surface area contributed by atoms with Gasteiger partial charge in [0.15, 0.2) is 5.96 Å². The van der Waals surface area contributed by atoms with Crippen LogP contribution in [0.5, 0.6) is 0 Å². The van der Waals surface area contributed by atoms with Gasteiger partial charge in [-0.3, -0.25) is 4.99 Å². The maximum absolute atomic E-state index is 4.43. The number of nitrogens with one attached hydrogen (secondary N) is 1. The van der Waals surface area contributed by atoms with Crippen LogP contribution < -0.4 is 5.32 Å². The molecule has 0 bridgehead atoms. The summed E-state index contributed by atoms with van der Waals surface area (Å²) in [6, 6.07) is 15.1. The molecule has 0 spiro atoms. The molecule has 24 heavy (non-hydrogen) atoms. The van der Waals surface area contributed by atoms with Crippen LogP contribution in [-0.2, 0) is 13.6 Å². The normalized spacial score (nSPS) is 13.2. The Balaban J connectivity index is 2.00. The van der Waals surface area contributed by atoms with E-state index in [1.54, 1.807) is 0 Å². The van der Waals surface area contributed by atoms with Crippen LogP contribution in [0.25, 0.3) is 0 Å². The lowest BCUT2D eigenvalue weighted by Crippen LogP contribution is -2.42. The van der Waals surface area contributed by atoms with Crippen LogP contribution in [0, 0.1) is 0 Å². The lowest BCUT2D eigenvalue weighted by Gasteiger charge is -2.28. The van der Waals surface area contributed by atoms with Gasteiger partial charge in [-0.1, -0.05) is 30.3 Å². The maximum atomic E-state index is 4.43. The number of hydrogen-bond donors (Lipinski definition) is 1. The van der Waals surface area contributed by atoms with Crippen molar-refractivity contribution in [2.75, 3.05) is 34.7 Å². The van der Waals surface area contributed by atoms with E-state index >= 15 is 0 Å². The molecule has 1 atom stereocenters. The van der Waals surface area contributed by atoms with Crippen molar-refractivity contribution >= 4 is 5.96 Å². The number of guanidine groups is 1. The second-order valence-electron chi connectivity index (χ2n) is 6.28. The van der Waals surface area contributed by atoms with Crippen LogP contribution in [0.4, 0.5) is 0 Å². The Morgan fingerprint density at radius 3 is 2.38 bits per heavy atom. The molecule has 1 aromatic heterocycles. The van der Waals surface area contributed by atoms with Crippen molar-refractivity contribution in [3.05, 3.63) is 59.9 Å². The number of aliphatic imine (C=N–C) groups is 1. The van der Waals surface area contributed by atoms with Gasteiger partial charge in [-0.2, -0.15) is 0 Å². The Kier molecular flexibility index (Phi) is 6.44. The van der Waals surface area contributed by atoms with Gasteiger partial charge in [0.05, 0.1) is 12.6 Å². The predicted molar refractivity (Wildman–Crippen MR) is 101 cm³/mol. The smallest absolute Gasteiger partial charge is 0.193 e. The third-order valence-electron chi connectivity index (χ3n) is 4.29. The molecule has 1 unspecified atom stereocenters. The standard InChI is InChI=1S/C19H29N5/c1-20-19(24(5)15-17-12-9-13-23(17)4)21-14-18(22(2)3)16-10-7-6-8-11-16/h6-13,18H,14-15H2,1-5H3,(H,20,21). The Morgan fingerprint density at radius 2 is 1.83 bits per heavy atom. The molecule has 2 aromatic rings. The summed E-state index contributed by atoms with van der Waals surface area (Å²) in [5.41, 5.74) is 2.56. The fourth-order valence-electron chi connectivity index (χ4n) is 2.83. The highest BCUT2D eigenvalue weighted by molar-refractivity contribution is 5.79. The number of nitrogens with zero attached hydrogens (tertiary/aromatic N) is 4. The van der Waals surface area contributed by atoms with Crippen molar-refractivity contribution in [3.63, 3.8) is 0 Å². The topological polar surface area (TPSA) is 35.8 Å². The van der Waals surface area contributed by atoms with E-state index in [1.807, 2.05) is 7.05 Å². The van der Waals surface area contributed by atoms with Gasteiger partial charge in [-0.25, -0.2) is 0 Å². The van der Waals surface area contributed by atoms with E-state index in [2.05, 4.69) is 102 Å². The third kappa shape index (κ3) is 4.61. The molecule has 0 aliphatic rings. The highest BCUT2D eigenvalue weighted by Crippen LogP contribution is 2.16. The van der Waals surface area contributed by atoms with E-state index in [-0.39, 0.29) is 0 Å². The molecule has 0 aliphatic carbocycles. The Hall–Kier alpha value is -2.27. The maximum Gasteiger partial charge on any atom is 0.193 e. The average molecular weight is 327 g/mol. The molecule has 1 N–H and O–H groups in total. The monoisotopic (exact) mass is 327 g/mol. The van der Waals surface area contributed by atoms with Gasteiger partial charge >= 0.3 is 0 Å². The Bertz CT molecular complexity index is 645. The third-order valence-corrected chi connectivity index (χ3v) is 4.29. The van der Waals surface area contributed by atoms with Gasteiger partial charge in [-0.05, 0) is 31.8 Å². The predicted octanol–water partition coefficient (Wildman–Crippen LogP) is 2.34. The van der Waals surface area contributed by atoms with Crippen molar-refractivity contribution in [3.8, 4) is 0 Å². The fraction of sp³-hybridized carbons (Fsp3) is 0.421. The van der Waals surface area contributed by atoms with E-state index in [1.165, 1.54) is 11.3 Å². The van der Waals surface area contributed by atoms with Crippen LogP contribution in [0.3, 0.4) is 0 Å². The Morgan fingerprint density at radius 1 is 1.12 bits per heavy atom. The highest BCUT2D eigenvalue weighted by Gasteiger charge is 2.16. The number of benzene rings is 1. The summed E-state index contributed by atoms with van der Waals surface area (Å²) in [7, 11) is 10.2. The van der Waals surface area contributed by atoms with E-state index in [9.17, 15) is 0 Å². The molecule has 1 aromatic carbocycles. The minimum Gasteiger partial charge on any atom is -0.354 e. The van der Waals surface area contributed by atoms with Crippen molar-refractivity contribution < 1.29 is 0 Å².